The lowest BCUT2D eigenvalue weighted by atomic mass is 9.88. The van der Waals surface area contributed by atoms with Gasteiger partial charge in [0, 0.05) is 39.3 Å². The van der Waals surface area contributed by atoms with E-state index in [1.54, 1.807) is 17.9 Å². The highest BCUT2D eigenvalue weighted by molar-refractivity contribution is 14.1. The van der Waals surface area contributed by atoms with Crippen LogP contribution in [0.4, 0.5) is 10.1 Å². The van der Waals surface area contributed by atoms with Gasteiger partial charge in [0.15, 0.2) is 11.5 Å². The molecule has 0 unspecified atom stereocenters. The fraction of sp³-hybridized carbons (Fsp3) is 0.320. The summed E-state index contributed by atoms with van der Waals surface area (Å²) in [6, 6.07) is 10.7. The standard InChI is InChI=1S/C25H21FIN3O4/c1-2-33-24(32)21-20-22(30(28-21)18-11-14-7-10-34-19(14)12-17(18)26)23(31)29(13-25(20)8-9-25)16-5-3-15(27)4-6-16/h3-6,11-12H,2,7-10,13H2,1H3. The van der Waals surface area contributed by atoms with E-state index in [1.165, 1.54) is 10.7 Å². The third-order valence-electron chi connectivity index (χ3n) is 6.77. The third kappa shape index (κ3) is 3.24. The zero-order valence-corrected chi connectivity index (χ0v) is 20.6. The molecule has 0 saturated heterocycles. The summed E-state index contributed by atoms with van der Waals surface area (Å²) in [5.74, 6) is -0.971. The van der Waals surface area contributed by atoms with Gasteiger partial charge in [-0.2, -0.15) is 5.10 Å². The van der Waals surface area contributed by atoms with Gasteiger partial charge in [-0.3, -0.25) is 4.79 Å². The maximum absolute atomic E-state index is 15.3. The fourth-order valence-electron chi connectivity index (χ4n) is 4.95. The zero-order valence-electron chi connectivity index (χ0n) is 18.4. The molecule has 2 aliphatic heterocycles. The Kier molecular flexibility index (Phi) is 4.94. The van der Waals surface area contributed by atoms with E-state index < -0.39 is 17.2 Å². The number of halogens is 2. The first kappa shape index (κ1) is 21.6. The van der Waals surface area contributed by atoms with Gasteiger partial charge >= 0.3 is 5.97 Å². The summed E-state index contributed by atoms with van der Waals surface area (Å²) in [4.78, 5) is 28.5. The van der Waals surface area contributed by atoms with Crippen LogP contribution in [0.1, 0.15) is 51.9 Å². The third-order valence-corrected chi connectivity index (χ3v) is 7.49. The highest BCUT2D eigenvalue weighted by Crippen LogP contribution is 2.54. The number of hydrogen-bond donors (Lipinski definition) is 0. The van der Waals surface area contributed by atoms with Crippen LogP contribution in [-0.4, -0.2) is 41.4 Å². The summed E-state index contributed by atoms with van der Waals surface area (Å²) in [6.45, 7) is 2.82. The predicted octanol–water partition coefficient (Wildman–Crippen LogP) is 4.42. The van der Waals surface area contributed by atoms with Gasteiger partial charge in [-0.1, -0.05) is 0 Å². The molecule has 3 aromatic rings. The second-order valence-electron chi connectivity index (χ2n) is 8.86. The van der Waals surface area contributed by atoms with E-state index in [4.69, 9.17) is 9.47 Å². The average molecular weight is 573 g/mol. The number of aromatic nitrogens is 2. The Bertz CT molecular complexity index is 1350. The number of benzene rings is 2. The Morgan fingerprint density at radius 1 is 1.26 bits per heavy atom. The minimum atomic E-state index is -0.593. The number of esters is 1. The van der Waals surface area contributed by atoms with Crippen molar-refractivity contribution in [3.63, 3.8) is 0 Å². The van der Waals surface area contributed by atoms with Gasteiger partial charge in [-0.05, 0) is 78.3 Å². The molecule has 1 aromatic heterocycles. The largest absolute Gasteiger partial charge is 0.493 e. The van der Waals surface area contributed by atoms with Crippen molar-refractivity contribution in [2.45, 2.75) is 31.6 Å². The zero-order chi connectivity index (χ0) is 23.6. The lowest BCUT2D eigenvalue weighted by Gasteiger charge is -2.33. The van der Waals surface area contributed by atoms with Crippen molar-refractivity contribution in [1.82, 2.24) is 9.78 Å². The highest BCUT2D eigenvalue weighted by Gasteiger charge is 2.56. The number of carbonyl (C=O) groups excluding carboxylic acids is 2. The molecule has 0 atom stereocenters. The van der Waals surface area contributed by atoms with Gasteiger partial charge in [0.25, 0.3) is 5.91 Å². The maximum atomic E-state index is 15.3. The van der Waals surface area contributed by atoms with Crippen LogP contribution in [0.15, 0.2) is 36.4 Å². The number of rotatable bonds is 4. The number of anilines is 1. The fourth-order valence-corrected chi connectivity index (χ4v) is 5.31. The molecule has 7 nitrogen and oxygen atoms in total. The molecular formula is C25H21FIN3O4. The molecule has 1 fully saturated rings. The van der Waals surface area contributed by atoms with Gasteiger partial charge in [0.2, 0.25) is 0 Å². The number of ether oxygens (including phenoxy) is 2. The minimum Gasteiger partial charge on any atom is -0.493 e. The number of hydrogen-bond acceptors (Lipinski definition) is 5. The molecule has 1 amide bonds. The topological polar surface area (TPSA) is 73.7 Å². The number of nitrogens with zero attached hydrogens (tertiary/aromatic N) is 3. The molecule has 0 radical (unpaired) electrons. The van der Waals surface area contributed by atoms with E-state index in [1.807, 2.05) is 24.3 Å². The van der Waals surface area contributed by atoms with Crippen molar-refractivity contribution >= 4 is 40.2 Å². The average Bonchev–Trinajstić information content (AvgIpc) is 3.24. The van der Waals surface area contributed by atoms with Crippen LogP contribution in [-0.2, 0) is 16.6 Å². The van der Waals surface area contributed by atoms with Gasteiger partial charge in [-0.15, -0.1) is 0 Å². The second kappa shape index (κ2) is 7.79. The molecule has 9 heteroatoms. The molecule has 0 N–H and O–H groups in total. The molecule has 0 bridgehead atoms. The number of fused-ring (bicyclic) bond motifs is 3. The van der Waals surface area contributed by atoms with Crippen LogP contribution in [0.5, 0.6) is 5.75 Å². The van der Waals surface area contributed by atoms with E-state index in [0.717, 1.165) is 27.7 Å². The van der Waals surface area contributed by atoms with Crippen LogP contribution in [0.25, 0.3) is 5.69 Å². The second-order valence-corrected chi connectivity index (χ2v) is 10.1. The lowest BCUT2D eigenvalue weighted by molar-refractivity contribution is 0.0516. The van der Waals surface area contributed by atoms with E-state index in [0.29, 0.717) is 30.9 Å². The Morgan fingerprint density at radius 2 is 2.03 bits per heavy atom. The van der Waals surface area contributed by atoms with Crippen molar-refractivity contribution in [2.75, 3.05) is 24.7 Å². The summed E-state index contributed by atoms with van der Waals surface area (Å²) in [5, 5.41) is 4.51. The SMILES string of the molecule is CCOC(=O)c1nn(-c2cc3c(cc2F)OCC3)c2c1C1(CC1)CN(c1ccc(I)cc1)C2=O. The summed E-state index contributed by atoms with van der Waals surface area (Å²) in [7, 11) is 0. The van der Waals surface area contributed by atoms with Crippen LogP contribution in [0.3, 0.4) is 0 Å². The van der Waals surface area contributed by atoms with Crippen molar-refractivity contribution in [1.29, 1.82) is 0 Å². The smallest absolute Gasteiger partial charge is 0.359 e. The monoisotopic (exact) mass is 573 g/mol. The highest BCUT2D eigenvalue weighted by atomic mass is 127. The van der Waals surface area contributed by atoms with E-state index >= 15 is 4.39 Å². The van der Waals surface area contributed by atoms with Crippen LogP contribution in [0, 0.1) is 9.39 Å². The van der Waals surface area contributed by atoms with E-state index in [9.17, 15) is 9.59 Å². The predicted molar refractivity (Wildman–Crippen MR) is 130 cm³/mol. The van der Waals surface area contributed by atoms with Crippen molar-refractivity contribution in [3.05, 3.63) is 68.3 Å². The van der Waals surface area contributed by atoms with Crippen molar-refractivity contribution in [2.24, 2.45) is 0 Å². The number of amides is 1. The minimum absolute atomic E-state index is 0.0982. The van der Waals surface area contributed by atoms with Gasteiger partial charge < -0.3 is 14.4 Å². The normalized spacial score (nSPS) is 17.4. The summed E-state index contributed by atoms with van der Waals surface area (Å²) >= 11 is 2.22. The summed E-state index contributed by atoms with van der Waals surface area (Å²) < 4.78 is 28.4. The van der Waals surface area contributed by atoms with Crippen LogP contribution in [0.2, 0.25) is 0 Å². The van der Waals surface area contributed by atoms with E-state index in [2.05, 4.69) is 27.7 Å². The van der Waals surface area contributed by atoms with Gasteiger partial charge in [0.1, 0.15) is 17.1 Å². The Balaban J connectivity index is 1.57. The Morgan fingerprint density at radius 3 is 2.74 bits per heavy atom. The molecule has 2 aromatic carbocycles. The quantitative estimate of drug-likeness (QED) is 0.342. The van der Waals surface area contributed by atoms with Gasteiger partial charge in [-0.25, -0.2) is 13.9 Å². The molecule has 174 valence electrons. The first-order chi connectivity index (χ1) is 16.4. The summed E-state index contributed by atoms with van der Waals surface area (Å²) in [6.07, 6.45) is 2.27. The molecule has 1 saturated carbocycles. The molecule has 34 heavy (non-hydrogen) atoms. The molecule has 6 rings (SSSR count). The first-order valence-electron chi connectivity index (χ1n) is 11.3. The van der Waals surface area contributed by atoms with Gasteiger partial charge in [0.05, 0.1) is 13.2 Å². The molecule has 3 aliphatic rings. The Hall–Kier alpha value is -2.95. The van der Waals surface area contributed by atoms with Crippen LogP contribution < -0.4 is 9.64 Å². The van der Waals surface area contributed by atoms with Crippen molar-refractivity contribution in [3.8, 4) is 11.4 Å². The molecular weight excluding hydrogens is 552 g/mol. The molecule has 3 heterocycles. The molecule has 1 aliphatic carbocycles. The number of carbonyl (C=O) groups is 2. The maximum Gasteiger partial charge on any atom is 0.359 e. The molecule has 1 spiro atoms. The van der Waals surface area contributed by atoms with E-state index in [-0.39, 0.29) is 29.6 Å². The summed E-state index contributed by atoms with van der Waals surface area (Å²) in [5.41, 5.74) is 2.23. The van der Waals surface area contributed by atoms with Crippen molar-refractivity contribution < 1.29 is 23.5 Å². The Labute approximate surface area is 209 Å². The first-order valence-corrected chi connectivity index (χ1v) is 12.3. The van der Waals surface area contributed by atoms with Crippen LogP contribution >= 0.6 is 22.6 Å². The lowest BCUT2D eigenvalue weighted by Crippen LogP contribution is -2.44.